The van der Waals surface area contributed by atoms with E-state index >= 15 is 0 Å². The fourth-order valence-electron chi connectivity index (χ4n) is 2.10. The molecule has 24 heavy (non-hydrogen) atoms. The average Bonchev–Trinajstić information content (AvgIpc) is 2.61. The highest BCUT2D eigenvalue weighted by Crippen LogP contribution is 2.15. The number of benzene rings is 1. The summed E-state index contributed by atoms with van der Waals surface area (Å²) in [5, 5.41) is 2.96. The van der Waals surface area contributed by atoms with Crippen LogP contribution in [0.5, 0.6) is 0 Å². The van der Waals surface area contributed by atoms with Crippen molar-refractivity contribution in [1.82, 2.24) is 5.32 Å². The van der Waals surface area contributed by atoms with Gasteiger partial charge in [-0.15, -0.1) is 0 Å². The van der Waals surface area contributed by atoms with Gasteiger partial charge in [0.25, 0.3) is 5.91 Å². The summed E-state index contributed by atoms with van der Waals surface area (Å²) < 4.78 is 5.53. The number of allylic oxidation sites excluding steroid dienone is 6. The van der Waals surface area contributed by atoms with Crippen LogP contribution in [0.1, 0.15) is 30.6 Å². The first-order chi connectivity index (χ1) is 11.7. The lowest BCUT2D eigenvalue weighted by atomic mass is 10.0. The molecule has 0 bridgehead atoms. The van der Waals surface area contributed by atoms with E-state index in [2.05, 4.69) is 18.0 Å². The van der Waals surface area contributed by atoms with Crippen LogP contribution in [-0.2, 0) is 4.74 Å². The van der Waals surface area contributed by atoms with Crippen molar-refractivity contribution in [3.63, 3.8) is 0 Å². The fourth-order valence-corrected chi connectivity index (χ4v) is 2.10. The normalized spacial score (nSPS) is 12.8. The Morgan fingerprint density at radius 3 is 2.58 bits per heavy atom. The molecule has 1 N–H and O–H groups in total. The van der Waals surface area contributed by atoms with Crippen molar-refractivity contribution in [2.45, 2.75) is 20.3 Å². The summed E-state index contributed by atoms with van der Waals surface area (Å²) in [4.78, 5) is 12.2. The maximum atomic E-state index is 12.2. The highest BCUT2D eigenvalue weighted by atomic mass is 16.5. The van der Waals surface area contributed by atoms with Gasteiger partial charge in [-0.2, -0.15) is 0 Å². The van der Waals surface area contributed by atoms with E-state index in [1.165, 1.54) is 0 Å². The zero-order valence-electron chi connectivity index (χ0n) is 14.6. The van der Waals surface area contributed by atoms with Crippen molar-refractivity contribution in [3.8, 4) is 0 Å². The molecule has 0 heterocycles. The maximum Gasteiger partial charge on any atom is 0.251 e. The van der Waals surface area contributed by atoms with Gasteiger partial charge in [-0.3, -0.25) is 4.79 Å². The van der Waals surface area contributed by atoms with Crippen LogP contribution >= 0.6 is 0 Å². The zero-order valence-corrected chi connectivity index (χ0v) is 14.6. The van der Waals surface area contributed by atoms with E-state index in [9.17, 15) is 4.79 Å². The molecule has 3 nitrogen and oxygen atoms in total. The van der Waals surface area contributed by atoms with Crippen LogP contribution in [0.25, 0.3) is 0 Å². The Labute approximate surface area is 145 Å². The minimum atomic E-state index is -0.0816. The molecule has 1 atom stereocenters. The number of rotatable bonds is 10. The summed E-state index contributed by atoms with van der Waals surface area (Å²) in [5.74, 6) is 0.666. The van der Waals surface area contributed by atoms with Crippen LogP contribution in [0.15, 0.2) is 79.1 Å². The summed E-state index contributed by atoms with van der Waals surface area (Å²) in [6.45, 7) is 8.97. The molecule has 1 aromatic rings. The van der Waals surface area contributed by atoms with Crippen molar-refractivity contribution >= 4 is 5.91 Å². The van der Waals surface area contributed by atoms with Gasteiger partial charge in [-0.25, -0.2) is 0 Å². The van der Waals surface area contributed by atoms with Crippen LogP contribution < -0.4 is 5.32 Å². The molecule has 128 valence electrons. The SMILES string of the molecule is C=C(OCC)C(C/C=C/C=C\C=C/C)CNC(=O)c1ccccc1. The van der Waals surface area contributed by atoms with Crippen molar-refractivity contribution in [1.29, 1.82) is 0 Å². The topological polar surface area (TPSA) is 38.3 Å². The molecule has 0 aliphatic rings. The predicted octanol–water partition coefficient (Wildman–Crippen LogP) is 4.66. The largest absolute Gasteiger partial charge is 0.498 e. The third-order valence-electron chi connectivity index (χ3n) is 3.41. The van der Waals surface area contributed by atoms with Crippen LogP contribution in [0.4, 0.5) is 0 Å². The van der Waals surface area contributed by atoms with E-state index in [-0.39, 0.29) is 11.8 Å². The Morgan fingerprint density at radius 2 is 1.92 bits per heavy atom. The number of carbonyl (C=O) groups is 1. The molecule has 0 radical (unpaired) electrons. The lowest BCUT2D eigenvalue weighted by Crippen LogP contribution is -2.30. The first-order valence-electron chi connectivity index (χ1n) is 8.28. The minimum absolute atomic E-state index is 0.0454. The number of ether oxygens (including phenoxy) is 1. The third-order valence-corrected chi connectivity index (χ3v) is 3.41. The highest BCUT2D eigenvalue weighted by Gasteiger charge is 2.14. The summed E-state index contributed by atoms with van der Waals surface area (Å²) >= 11 is 0. The second kappa shape index (κ2) is 11.9. The van der Waals surface area contributed by atoms with Crippen molar-refractivity contribution in [2.75, 3.05) is 13.2 Å². The summed E-state index contributed by atoms with van der Waals surface area (Å²) in [7, 11) is 0. The van der Waals surface area contributed by atoms with Gasteiger partial charge in [-0.05, 0) is 32.4 Å². The quantitative estimate of drug-likeness (QED) is 0.502. The van der Waals surface area contributed by atoms with E-state index in [1.54, 1.807) is 12.1 Å². The molecule has 0 saturated carbocycles. The lowest BCUT2D eigenvalue weighted by molar-refractivity contribution is 0.0943. The standard InChI is InChI=1S/C21H27NO2/c1-4-6-7-8-9-11-16-20(18(3)24-5-2)17-22-21(23)19-14-12-10-13-15-19/h4,6-15,20H,3,5,16-17H2,1-2H3,(H,22,23)/b6-4-,8-7-,11-9+. The Hall–Kier alpha value is -2.55. The maximum absolute atomic E-state index is 12.2. The van der Waals surface area contributed by atoms with Crippen LogP contribution in [0, 0.1) is 5.92 Å². The Morgan fingerprint density at radius 1 is 1.21 bits per heavy atom. The summed E-state index contributed by atoms with van der Waals surface area (Å²) in [6, 6.07) is 9.19. The molecule has 1 rings (SSSR count). The van der Waals surface area contributed by atoms with Gasteiger partial charge in [0, 0.05) is 18.0 Å². The highest BCUT2D eigenvalue weighted by molar-refractivity contribution is 5.94. The molecule has 3 heteroatoms. The van der Waals surface area contributed by atoms with Gasteiger partial charge in [0.1, 0.15) is 0 Å². The van der Waals surface area contributed by atoms with Gasteiger partial charge in [-0.1, -0.05) is 61.2 Å². The molecule has 0 aromatic heterocycles. The van der Waals surface area contributed by atoms with Gasteiger partial charge in [0.15, 0.2) is 0 Å². The van der Waals surface area contributed by atoms with Gasteiger partial charge in [0.05, 0.1) is 12.4 Å². The monoisotopic (exact) mass is 325 g/mol. The van der Waals surface area contributed by atoms with E-state index < -0.39 is 0 Å². The van der Waals surface area contributed by atoms with Gasteiger partial charge < -0.3 is 10.1 Å². The fraction of sp³-hybridized carbons (Fsp3) is 0.286. The molecular weight excluding hydrogens is 298 g/mol. The summed E-state index contributed by atoms with van der Waals surface area (Å²) in [5.41, 5.74) is 0.656. The first-order valence-corrected chi connectivity index (χ1v) is 8.28. The Kier molecular flexibility index (Phi) is 9.70. The Bertz CT molecular complexity index is 585. The van der Waals surface area contributed by atoms with Gasteiger partial charge in [0.2, 0.25) is 0 Å². The predicted molar refractivity (Wildman–Crippen MR) is 101 cm³/mol. The molecule has 0 aliphatic carbocycles. The molecule has 0 saturated heterocycles. The number of carbonyl (C=O) groups excluding carboxylic acids is 1. The van der Waals surface area contributed by atoms with E-state index in [0.29, 0.717) is 24.5 Å². The average molecular weight is 325 g/mol. The van der Waals surface area contributed by atoms with Gasteiger partial charge >= 0.3 is 0 Å². The lowest BCUT2D eigenvalue weighted by Gasteiger charge is -2.19. The summed E-state index contributed by atoms with van der Waals surface area (Å²) in [6.07, 6.45) is 12.7. The molecule has 0 spiro atoms. The smallest absolute Gasteiger partial charge is 0.251 e. The zero-order chi connectivity index (χ0) is 17.6. The van der Waals surface area contributed by atoms with Crippen LogP contribution in [0.3, 0.4) is 0 Å². The van der Waals surface area contributed by atoms with Crippen molar-refractivity contribution in [2.24, 2.45) is 5.92 Å². The second-order valence-corrected chi connectivity index (χ2v) is 5.25. The number of amides is 1. The number of hydrogen-bond donors (Lipinski definition) is 1. The number of hydrogen-bond acceptors (Lipinski definition) is 2. The Balaban J connectivity index is 2.59. The van der Waals surface area contributed by atoms with Crippen molar-refractivity contribution in [3.05, 3.63) is 84.7 Å². The first kappa shape index (κ1) is 19.5. The third kappa shape index (κ3) is 7.63. The molecule has 0 aliphatic heterocycles. The molecule has 1 unspecified atom stereocenters. The molecule has 1 aromatic carbocycles. The van der Waals surface area contributed by atoms with Crippen LogP contribution in [-0.4, -0.2) is 19.1 Å². The minimum Gasteiger partial charge on any atom is -0.498 e. The molecule has 1 amide bonds. The molecule has 0 fully saturated rings. The second-order valence-electron chi connectivity index (χ2n) is 5.25. The van der Waals surface area contributed by atoms with Crippen LogP contribution in [0.2, 0.25) is 0 Å². The van der Waals surface area contributed by atoms with E-state index in [1.807, 2.05) is 62.4 Å². The van der Waals surface area contributed by atoms with Crippen molar-refractivity contribution < 1.29 is 9.53 Å². The molecular formula is C21H27NO2. The van der Waals surface area contributed by atoms with E-state index in [4.69, 9.17) is 4.74 Å². The van der Waals surface area contributed by atoms with E-state index in [0.717, 1.165) is 6.42 Å². The number of nitrogens with one attached hydrogen (secondary N) is 1.